The highest BCUT2D eigenvalue weighted by atomic mass is 35.5. The SMILES string of the molecule is ClC(CCc1cncc2ccccc12)C1CC1. The van der Waals surface area contributed by atoms with Gasteiger partial charge in [-0.1, -0.05) is 24.3 Å². The summed E-state index contributed by atoms with van der Waals surface area (Å²) in [5.74, 6) is 0.777. The van der Waals surface area contributed by atoms with Gasteiger partial charge in [0, 0.05) is 23.2 Å². The van der Waals surface area contributed by atoms with Crippen LogP contribution in [0.4, 0.5) is 0 Å². The van der Waals surface area contributed by atoms with Gasteiger partial charge in [0.05, 0.1) is 0 Å². The van der Waals surface area contributed by atoms with Crippen molar-refractivity contribution in [2.45, 2.75) is 31.1 Å². The largest absolute Gasteiger partial charge is 0.264 e. The van der Waals surface area contributed by atoms with Crippen molar-refractivity contribution in [2.75, 3.05) is 0 Å². The van der Waals surface area contributed by atoms with E-state index in [1.54, 1.807) is 0 Å². The fourth-order valence-electron chi connectivity index (χ4n) is 2.37. The van der Waals surface area contributed by atoms with E-state index < -0.39 is 0 Å². The molecule has 1 unspecified atom stereocenters. The highest BCUT2D eigenvalue weighted by molar-refractivity contribution is 6.21. The van der Waals surface area contributed by atoms with Crippen LogP contribution in [0.2, 0.25) is 0 Å². The topological polar surface area (TPSA) is 12.9 Å². The first kappa shape index (κ1) is 11.0. The Labute approximate surface area is 107 Å². The second-order valence-electron chi connectivity index (χ2n) is 4.91. The summed E-state index contributed by atoms with van der Waals surface area (Å²) in [6.45, 7) is 0. The van der Waals surface area contributed by atoms with E-state index in [1.807, 2.05) is 12.4 Å². The highest BCUT2D eigenvalue weighted by Gasteiger charge is 2.29. The molecule has 1 saturated carbocycles. The van der Waals surface area contributed by atoms with Gasteiger partial charge in [-0.15, -0.1) is 11.6 Å². The molecule has 1 aliphatic carbocycles. The second-order valence-corrected chi connectivity index (χ2v) is 5.47. The van der Waals surface area contributed by atoms with E-state index in [4.69, 9.17) is 11.6 Å². The fourth-order valence-corrected chi connectivity index (χ4v) is 2.73. The van der Waals surface area contributed by atoms with Crippen LogP contribution >= 0.6 is 11.6 Å². The molecule has 88 valence electrons. The van der Waals surface area contributed by atoms with Crippen LogP contribution in [-0.4, -0.2) is 10.4 Å². The molecule has 0 amide bonds. The minimum absolute atomic E-state index is 0.356. The maximum atomic E-state index is 6.36. The Morgan fingerprint density at radius 1 is 1.24 bits per heavy atom. The predicted molar refractivity (Wildman–Crippen MR) is 72.4 cm³/mol. The van der Waals surface area contributed by atoms with Crippen LogP contribution < -0.4 is 0 Å². The van der Waals surface area contributed by atoms with Gasteiger partial charge in [-0.2, -0.15) is 0 Å². The van der Waals surface area contributed by atoms with Gasteiger partial charge in [-0.05, 0) is 42.6 Å². The first-order valence-electron chi connectivity index (χ1n) is 6.30. The maximum absolute atomic E-state index is 6.36. The van der Waals surface area contributed by atoms with E-state index in [-0.39, 0.29) is 0 Å². The Bertz CT molecular complexity index is 514. The normalized spacial score (nSPS) is 17.2. The number of pyridine rings is 1. The number of hydrogen-bond donors (Lipinski definition) is 0. The number of benzene rings is 1. The molecule has 1 aliphatic rings. The summed E-state index contributed by atoms with van der Waals surface area (Å²) in [6.07, 6.45) is 8.67. The molecule has 1 atom stereocenters. The molecule has 1 aromatic carbocycles. The maximum Gasteiger partial charge on any atom is 0.0367 e. The third kappa shape index (κ3) is 2.44. The number of fused-ring (bicyclic) bond motifs is 1. The van der Waals surface area contributed by atoms with Crippen molar-refractivity contribution in [3.63, 3.8) is 0 Å². The van der Waals surface area contributed by atoms with Crippen LogP contribution in [-0.2, 0) is 6.42 Å². The molecule has 17 heavy (non-hydrogen) atoms. The number of alkyl halides is 1. The summed E-state index contributed by atoms with van der Waals surface area (Å²) in [6, 6.07) is 8.44. The molecule has 0 bridgehead atoms. The third-order valence-corrected chi connectivity index (χ3v) is 4.15. The van der Waals surface area contributed by atoms with Crippen LogP contribution in [0.1, 0.15) is 24.8 Å². The zero-order valence-electron chi connectivity index (χ0n) is 9.77. The van der Waals surface area contributed by atoms with Crippen LogP contribution in [0.25, 0.3) is 10.8 Å². The third-order valence-electron chi connectivity index (χ3n) is 3.57. The van der Waals surface area contributed by atoms with Gasteiger partial charge in [0.25, 0.3) is 0 Å². The zero-order valence-corrected chi connectivity index (χ0v) is 10.5. The Kier molecular flexibility index (Phi) is 3.02. The van der Waals surface area contributed by atoms with Gasteiger partial charge in [-0.3, -0.25) is 4.98 Å². The van der Waals surface area contributed by atoms with E-state index in [0.29, 0.717) is 5.38 Å². The molecule has 1 heterocycles. The average Bonchev–Trinajstić information content (AvgIpc) is 3.20. The molecule has 1 aromatic heterocycles. The smallest absolute Gasteiger partial charge is 0.0367 e. The van der Waals surface area contributed by atoms with Gasteiger partial charge in [0.1, 0.15) is 0 Å². The number of aryl methyl sites for hydroxylation is 1. The fraction of sp³-hybridized carbons (Fsp3) is 0.400. The molecule has 3 rings (SSSR count). The van der Waals surface area contributed by atoms with E-state index in [2.05, 4.69) is 29.2 Å². The van der Waals surface area contributed by atoms with E-state index in [1.165, 1.54) is 29.2 Å². The zero-order chi connectivity index (χ0) is 11.7. The Morgan fingerprint density at radius 3 is 2.88 bits per heavy atom. The molecule has 0 radical (unpaired) electrons. The quantitative estimate of drug-likeness (QED) is 0.737. The van der Waals surface area contributed by atoms with Crippen molar-refractivity contribution in [3.05, 3.63) is 42.2 Å². The number of rotatable bonds is 4. The standard InChI is InChI=1S/C15H16ClN/c16-15(11-5-6-11)8-7-13-10-17-9-12-3-1-2-4-14(12)13/h1-4,9-11,15H,5-8H2. The lowest BCUT2D eigenvalue weighted by Crippen LogP contribution is -2.03. The molecule has 0 aliphatic heterocycles. The summed E-state index contributed by atoms with van der Waals surface area (Å²) < 4.78 is 0. The van der Waals surface area contributed by atoms with Gasteiger partial charge < -0.3 is 0 Å². The highest BCUT2D eigenvalue weighted by Crippen LogP contribution is 2.37. The van der Waals surface area contributed by atoms with Crippen molar-refractivity contribution < 1.29 is 0 Å². The first-order chi connectivity index (χ1) is 8.34. The number of aromatic nitrogens is 1. The number of halogens is 1. The van der Waals surface area contributed by atoms with Crippen molar-refractivity contribution in [2.24, 2.45) is 5.92 Å². The lowest BCUT2D eigenvalue weighted by Gasteiger charge is -2.09. The molecular formula is C15H16ClN. The summed E-state index contributed by atoms with van der Waals surface area (Å²) >= 11 is 6.36. The molecule has 0 saturated heterocycles. The molecule has 0 N–H and O–H groups in total. The van der Waals surface area contributed by atoms with Crippen molar-refractivity contribution in [3.8, 4) is 0 Å². The predicted octanol–water partition coefficient (Wildman–Crippen LogP) is 4.18. The van der Waals surface area contributed by atoms with Crippen LogP contribution in [0.5, 0.6) is 0 Å². The molecule has 2 aromatic rings. The van der Waals surface area contributed by atoms with E-state index in [9.17, 15) is 0 Å². The van der Waals surface area contributed by atoms with Crippen molar-refractivity contribution in [1.29, 1.82) is 0 Å². The summed E-state index contributed by atoms with van der Waals surface area (Å²) in [5.41, 5.74) is 1.33. The van der Waals surface area contributed by atoms with Crippen LogP contribution in [0.15, 0.2) is 36.7 Å². The Morgan fingerprint density at radius 2 is 2.06 bits per heavy atom. The molecule has 0 spiro atoms. The Balaban J connectivity index is 1.79. The lowest BCUT2D eigenvalue weighted by atomic mass is 10.0. The lowest BCUT2D eigenvalue weighted by molar-refractivity contribution is 0.677. The Hall–Kier alpha value is -1.08. The monoisotopic (exact) mass is 245 g/mol. The minimum atomic E-state index is 0.356. The molecule has 1 fully saturated rings. The average molecular weight is 246 g/mol. The van der Waals surface area contributed by atoms with Crippen LogP contribution in [0.3, 0.4) is 0 Å². The number of hydrogen-bond acceptors (Lipinski definition) is 1. The van der Waals surface area contributed by atoms with E-state index >= 15 is 0 Å². The number of nitrogens with zero attached hydrogens (tertiary/aromatic N) is 1. The van der Waals surface area contributed by atoms with Crippen LogP contribution in [0, 0.1) is 5.92 Å². The molecule has 2 heteroatoms. The van der Waals surface area contributed by atoms with Crippen molar-refractivity contribution in [1.82, 2.24) is 4.98 Å². The van der Waals surface area contributed by atoms with Gasteiger partial charge in [0.2, 0.25) is 0 Å². The van der Waals surface area contributed by atoms with Gasteiger partial charge in [0.15, 0.2) is 0 Å². The van der Waals surface area contributed by atoms with Gasteiger partial charge >= 0.3 is 0 Å². The minimum Gasteiger partial charge on any atom is -0.264 e. The summed E-state index contributed by atoms with van der Waals surface area (Å²) in [4.78, 5) is 4.31. The molecule has 1 nitrogen and oxygen atoms in total. The first-order valence-corrected chi connectivity index (χ1v) is 6.74. The van der Waals surface area contributed by atoms with Gasteiger partial charge in [-0.25, -0.2) is 0 Å². The van der Waals surface area contributed by atoms with Crippen molar-refractivity contribution >= 4 is 22.4 Å². The molecular weight excluding hydrogens is 230 g/mol. The second kappa shape index (κ2) is 4.66. The summed E-state index contributed by atoms with van der Waals surface area (Å²) in [7, 11) is 0. The van der Waals surface area contributed by atoms with E-state index in [0.717, 1.165) is 18.8 Å². The summed E-state index contributed by atoms with van der Waals surface area (Å²) in [5, 5.41) is 2.90.